The molecule has 0 amide bonds. The Morgan fingerprint density at radius 2 is 2.06 bits per heavy atom. The molecular weight excluding hydrogens is 228 g/mol. The highest BCUT2D eigenvalue weighted by Crippen LogP contribution is 2.10. The first-order valence-corrected chi connectivity index (χ1v) is 6.22. The molecule has 0 aromatic heterocycles. The van der Waals surface area contributed by atoms with E-state index in [0.717, 1.165) is 13.1 Å². The third-order valence-electron chi connectivity index (χ3n) is 2.96. The number of nitrogens with two attached hydrogens (primary N) is 1. The molecule has 0 radical (unpaired) electrons. The van der Waals surface area contributed by atoms with Gasteiger partial charge in [0.25, 0.3) is 0 Å². The third-order valence-corrected chi connectivity index (χ3v) is 2.96. The van der Waals surface area contributed by atoms with Crippen molar-refractivity contribution >= 4 is 5.97 Å². The van der Waals surface area contributed by atoms with Crippen LogP contribution < -0.4 is 5.73 Å². The van der Waals surface area contributed by atoms with Gasteiger partial charge in [0, 0.05) is 25.7 Å². The normalized spacial score (nSPS) is 12.4. The maximum atomic E-state index is 11.3. The van der Waals surface area contributed by atoms with Crippen LogP contribution in [0.15, 0.2) is 30.3 Å². The first kappa shape index (κ1) is 14.7. The van der Waals surface area contributed by atoms with Crippen molar-refractivity contribution in [2.24, 2.45) is 5.73 Å². The SMILES string of the molecule is COC(=O)CC(C)N(CCN)Cc1ccccc1. The summed E-state index contributed by atoms with van der Waals surface area (Å²) in [5.74, 6) is -0.183. The lowest BCUT2D eigenvalue weighted by Gasteiger charge is -2.28. The van der Waals surface area contributed by atoms with E-state index in [1.807, 2.05) is 25.1 Å². The Bertz CT molecular complexity index is 354. The van der Waals surface area contributed by atoms with Gasteiger partial charge in [-0.25, -0.2) is 0 Å². The van der Waals surface area contributed by atoms with Crippen molar-refractivity contribution in [2.45, 2.75) is 25.9 Å². The van der Waals surface area contributed by atoms with Crippen molar-refractivity contribution in [3.63, 3.8) is 0 Å². The zero-order valence-corrected chi connectivity index (χ0v) is 11.1. The van der Waals surface area contributed by atoms with Gasteiger partial charge in [0.2, 0.25) is 0 Å². The van der Waals surface area contributed by atoms with Crippen LogP contribution in [0.1, 0.15) is 18.9 Å². The Kier molecular flexibility index (Phi) is 6.39. The Morgan fingerprint density at radius 3 is 2.61 bits per heavy atom. The minimum atomic E-state index is -0.183. The van der Waals surface area contributed by atoms with Gasteiger partial charge in [-0.3, -0.25) is 9.69 Å². The molecular formula is C14H22N2O2. The van der Waals surface area contributed by atoms with E-state index in [4.69, 9.17) is 10.5 Å². The van der Waals surface area contributed by atoms with Crippen LogP contribution in [0.2, 0.25) is 0 Å². The highest BCUT2D eigenvalue weighted by molar-refractivity contribution is 5.69. The molecule has 1 aromatic carbocycles. The molecule has 0 fully saturated rings. The van der Waals surface area contributed by atoms with E-state index in [9.17, 15) is 4.79 Å². The number of nitrogens with zero attached hydrogens (tertiary/aromatic N) is 1. The molecule has 18 heavy (non-hydrogen) atoms. The molecule has 0 aliphatic heterocycles. The number of ether oxygens (including phenoxy) is 1. The number of carbonyl (C=O) groups excluding carboxylic acids is 1. The van der Waals surface area contributed by atoms with Crippen LogP contribution in [-0.4, -0.2) is 37.1 Å². The molecule has 0 spiro atoms. The fourth-order valence-corrected chi connectivity index (χ4v) is 1.89. The molecule has 1 aromatic rings. The van der Waals surface area contributed by atoms with Crippen molar-refractivity contribution in [2.75, 3.05) is 20.2 Å². The van der Waals surface area contributed by atoms with Gasteiger partial charge in [0.15, 0.2) is 0 Å². The van der Waals surface area contributed by atoms with Gasteiger partial charge in [-0.1, -0.05) is 30.3 Å². The van der Waals surface area contributed by atoms with Gasteiger partial charge in [-0.05, 0) is 12.5 Å². The topological polar surface area (TPSA) is 55.6 Å². The minimum Gasteiger partial charge on any atom is -0.469 e. The molecule has 2 N–H and O–H groups in total. The van der Waals surface area contributed by atoms with E-state index in [-0.39, 0.29) is 12.0 Å². The standard InChI is InChI=1S/C14H22N2O2/c1-12(10-14(17)18-2)16(9-8-15)11-13-6-4-3-5-7-13/h3-7,12H,8-11,15H2,1-2H3. The average molecular weight is 250 g/mol. The average Bonchev–Trinajstić information content (AvgIpc) is 2.39. The predicted octanol–water partition coefficient (Wildman–Crippen LogP) is 1.40. The van der Waals surface area contributed by atoms with E-state index in [1.165, 1.54) is 12.7 Å². The zero-order chi connectivity index (χ0) is 13.4. The summed E-state index contributed by atoms with van der Waals surface area (Å²) in [6.45, 7) is 4.18. The Labute approximate surface area is 109 Å². The third kappa shape index (κ3) is 4.85. The summed E-state index contributed by atoms with van der Waals surface area (Å²) in [5.41, 5.74) is 6.85. The number of carbonyl (C=O) groups is 1. The molecule has 100 valence electrons. The molecule has 1 rings (SSSR count). The number of hydrogen-bond acceptors (Lipinski definition) is 4. The Morgan fingerprint density at radius 1 is 1.39 bits per heavy atom. The molecule has 0 saturated carbocycles. The first-order chi connectivity index (χ1) is 8.67. The first-order valence-electron chi connectivity index (χ1n) is 6.22. The van der Waals surface area contributed by atoms with Crippen LogP contribution >= 0.6 is 0 Å². The fourth-order valence-electron chi connectivity index (χ4n) is 1.89. The van der Waals surface area contributed by atoms with Gasteiger partial charge in [-0.2, -0.15) is 0 Å². The smallest absolute Gasteiger partial charge is 0.307 e. The summed E-state index contributed by atoms with van der Waals surface area (Å²) in [5, 5.41) is 0. The monoisotopic (exact) mass is 250 g/mol. The molecule has 0 aliphatic carbocycles. The predicted molar refractivity (Wildman–Crippen MR) is 72.0 cm³/mol. The summed E-state index contributed by atoms with van der Waals surface area (Å²) in [6, 6.07) is 10.3. The van der Waals surface area contributed by atoms with E-state index in [1.54, 1.807) is 0 Å². The number of methoxy groups -OCH3 is 1. The lowest BCUT2D eigenvalue weighted by molar-refractivity contribution is -0.141. The summed E-state index contributed by atoms with van der Waals surface area (Å²) >= 11 is 0. The van der Waals surface area contributed by atoms with Crippen molar-refractivity contribution in [3.05, 3.63) is 35.9 Å². The van der Waals surface area contributed by atoms with Crippen molar-refractivity contribution in [1.82, 2.24) is 4.90 Å². The molecule has 1 atom stereocenters. The fraction of sp³-hybridized carbons (Fsp3) is 0.500. The number of esters is 1. The highest BCUT2D eigenvalue weighted by atomic mass is 16.5. The molecule has 0 bridgehead atoms. The maximum Gasteiger partial charge on any atom is 0.307 e. The zero-order valence-electron chi connectivity index (χ0n) is 11.1. The summed E-state index contributed by atoms with van der Waals surface area (Å²) in [6.07, 6.45) is 0.392. The molecule has 1 unspecified atom stereocenters. The molecule has 4 heteroatoms. The van der Waals surface area contributed by atoms with Crippen molar-refractivity contribution in [1.29, 1.82) is 0 Å². The summed E-state index contributed by atoms with van der Waals surface area (Å²) in [4.78, 5) is 13.5. The maximum absolute atomic E-state index is 11.3. The number of rotatable bonds is 7. The van der Waals surface area contributed by atoms with Crippen LogP contribution in [0.5, 0.6) is 0 Å². The summed E-state index contributed by atoms with van der Waals surface area (Å²) in [7, 11) is 1.42. The molecule has 0 saturated heterocycles. The lowest BCUT2D eigenvalue weighted by Crippen LogP contribution is -2.38. The Hall–Kier alpha value is -1.39. The Balaban J connectivity index is 2.61. The molecule has 4 nitrogen and oxygen atoms in total. The second-order valence-electron chi connectivity index (χ2n) is 4.37. The van der Waals surface area contributed by atoms with E-state index in [2.05, 4.69) is 17.0 Å². The van der Waals surface area contributed by atoms with Crippen LogP contribution in [0, 0.1) is 0 Å². The second-order valence-corrected chi connectivity index (χ2v) is 4.37. The van der Waals surface area contributed by atoms with Gasteiger partial charge in [0.1, 0.15) is 0 Å². The van der Waals surface area contributed by atoms with Crippen molar-refractivity contribution < 1.29 is 9.53 Å². The van der Waals surface area contributed by atoms with E-state index >= 15 is 0 Å². The molecule has 0 aliphatic rings. The highest BCUT2D eigenvalue weighted by Gasteiger charge is 2.17. The van der Waals surface area contributed by atoms with Gasteiger partial charge in [0.05, 0.1) is 13.5 Å². The minimum absolute atomic E-state index is 0.126. The van der Waals surface area contributed by atoms with E-state index in [0.29, 0.717) is 13.0 Å². The number of benzene rings is 1. The van der Waals surface area contributed by atoms with Crippen LogP contribution in [0.4, 0.5) is 0 Å². The number of hydrogen-bond donors (Lipinski definition) is 1. The van der Waals surface area contributed by atoms with Gasteiger partial charge < -0.3 is 10.5 Å². The van der Waals surface area contributed by atoms with E-state index < -0.39 is 0 Å². The van der Waals surface area contributed by atoms with Crippen LogP contribution in [-0.2, 0) is 16.1 Å². The van der Waals surface area contributed by atoms with Crippen LogP contribution in [0.3, 0.4) is 0 Å². The van der Waals surface area contributed by atoms with Gasteiger partial charge >= 0.3 is 5.97 Å². The lowest BCUT2D eigenvalue weighted by atomic mass is 10.1. The second kappa shape index (κ2) is 7.84. The van der Waals surface area contributed by atoms with Crippen LogP contribution in [0.25, 0.3) is 0 Å². The van der Waals surface area contributed by atoms with Crippen molar-refractivity contribution in [3.8, 4) is 0 Å². The quantitative estimate of drug-likeness (QED) is 0.743. The largest absolute Gasteiger partial charge is 0.469 e. The van der Waals surface area contributed by atoms with Gasteiger partial charge in [-0.15, -0.1) is 0 Å². The molecule has 0 heterocycles. The summed E-state index contributed by atoms with van der Waals surface area (Å²) < 4.78 is 4.70.